The first-order valence-electron chi connectivity index (χ1n) is 7.76. The summed E-state index contributed by atoms with van der Waals surface area (Å²) in [6.45, 7) is 1.60. The van der Waals surface area contributed by atoms with Crippen molar-refractivity contribution in [1.29, 1.82) is 0 Å². The number of nitrogens with zero attached hydrogens (tertiary/aromatic N) is 2. The fraction of sp³-hybridized carbons (Fsp3) is 0.294. The lowest BCUT2D eigenvalue weighted by Crippen LogP contribution is -2.48. The largest absolute Gasteiger partial charge is 0.497 e. The molecule has 1 saturated heterocycles. The number of anilines is 1. The minimum absolute atomic E-state index is 0.196. The van der Waals surface area contributed by atoms with Crippen molar-refractivity contribution in [3.63, 3.8) is 0 Å². The van der Waals surface area contributed by atoms with Crippen molar-refractivity contribution in [3.8, 4) is 5.75 Å². The third-order valence-corrected chi connectivity index (χ3v) is 6.42. The maximum Gasteiger partial charge on any atom is 0.246 e. The van der Waals surface area contributed by atoms with Gasteiger partial charge in [0, 0.05) is 31.9 Å². The third-order valence-electron chi connectivity index (χ3n) is 4.21. The van der Waals surface area contributed by atoms with Crippen LogP contribution in [0.25, 0.3) is 0 Å². The molecule has 8 heteroatoms. The molecule has 0 N–H and O–H groups in total. The van der Waals surface area contributed by atoms with Crippen molar-refractivity contribution in [1.82, 2.24) is 4.31 Å². The molecule has 134 valence electrons. The Morgan fingerprint density at radius 2 is 1.68 bits per heavy atom. The van der Waals surface area contributed by atoms with Crippen LogP contribution in [0.2, 0.25) is 5.02 Å². The second-order valence-electron chi connectivity index (χ2n) is 5.64. The minimum Gasteiger partial charge on any atom is -0.497 e. The minimum atomic E-state index is -3.90. The van der Waals surface area contributed by atoms with E-state index in [9.17, 15) is 12.8 Å². The maximum absolute atomic E-state index is 14.1. The second kappa shape index (κ2) is 7.19. The van der Waals surface area contributed by atoms with Crippen molar-refractivity contribution in [2.24, 2.45) is 0 Å². The van der Waals surface area contributed by atoms with E-state index in [2.05, 4.69) is 4.90 Å². The summed E-state index contributed by atoms with van der Waals surface area (Å²) < 4.78 is 45.9. The fourth-order valence-corrected chi connectivity index (χ4v) is 4.54. The van der Waals surface area contributed by atoms with Gasteiger partial charge in [0.1, 0.15) is 10.6 Å². The normalized spacial score (nSPS) is 16.0. The molecule has 0 saturated carbocycles. The Bertz CT molecular complexity index is 851. The van der Waals surface area contributed by atoms with Gasteiger partial charge in [0.2, 0.25) is 10.0 Å². The molecule has 0 aromatic heterocycles. The molecule has 2 aromatic carbocycles. The number of piperazine rings is 1. The summed E-state index contributed by atoms with van der Waals surface area (Å²) in [4.78, 5) is 1.71. The van der Waals surface area contributed by atoms with Gasteiger partial charge in [-0.25, -0.2) is 12.8 Å². The molecule has 1 fully saturated rings. The van der Waals surface area contributed by atoms with Crippen LogP contribution in [0.5, 0.6) is 5.75 Å². The van der Waals surface area contributed by atoms with E-state index in [1.807, 2.05) is 24.3 Å². The van der Waals surface area contributed by atoms with Crippen LogP contribution >= 0.6 is 11.6 Å². The molecule has 0 atom stereocenters. The van der Waals surface area contributed by atoms with Gasteiger partial charge in [0.25, 0.3) is 0 Å². The van der Waals surface area contributed by atoms with Gasteiger partial charge in [-0.05, 0) is 36.4 Å². The number of ether oxygens (including phenoxy) is 1. The molecule has 1 aliphatic heterocycles. The van der Waals surface area contributed by atoms with Crippen molar-refractivity contribution in [2.45, 2.75) is 4.90 Å². The summed E-state index contributed by atoms with van der Waals surface area (Å²) in [5.41, 5.74) is 0.992. The SMILES string of the molecule is COc1ccc(N2CCN(S(=O)(=O)c3cccc(Cl)c3F)CC2)cc1. The Balaban J connectivity index is 1.73. The topological polar surface area (TPSA) is 49.9 Å². The van der Waals surface area contributed by atoms with Gasteiger partial charge in [-0.2, -0.15) is 4.31 Å². The molecule has 3 rings (SSSR count). The molecule has 25 heavy (non-hydrogen) atoms. The standard InChI is InChI=1S/C17H18ClFN2O3S/c1-24-14-7-5-13(6-8-14)20-9-11-21(12-10-20)25(22,23)16-4-2-3-15(18)17(16)19/h2-8H,9-12H2,1H3. The highest BCUT2D eigenvalue weighted by atomic mass is 35.5. The molecule has 0 amide bonds. The Kier molecular flexibility index (Phi) is 5.17. The van der Waals surface area contributed by atoms with Gasteiger partial charge in [0.15, 0.2) is 5.82 Å². The lowest BCUT2D eigenvalue weighted by atomic mass is 10.2. The van der Waals surface area contributed by atoms with E-state index < -0.39 is 15.8 Å². The maximum atomic E-state index is 14.1. The molecule has 0 unspecified atom stereocenters. The number of hydrogen-bond acceptors (Lipinski definition) is 4. The second-order valence-corrected chi connectivity index (χ2v) is 7.95. The Morgan fingerprint density at radius 1 is 1.04 bits per heavy atom. The molecule has 1 aliphatic rings. The van der Waals surface area contributed by atoms with Gasteiger partial charge >= 0.3 is 0 Å². The Labute approximate surface area is 151 Å². The molecule has 5 nitrogen and oxygen atoms in total. The van der Waals surface area contributed by atoms with E-state index in [4.69, 9.17) is 16.3 Å². The first-order chi connectivity index (χ1) is 11.9. The van der Waals surface area contributed by atoms with Gasteiger partial charge < -0.3 is 9.64 Å². The molecule has 2 aromatic rings. The van der Waals surface area contributed by atoms with Gasteiger partial charge in [-0.15, -0.1) is 0 Å². The van der Waals surface area contributed by atoms with Crippen LogP contribution in [-0.2, 0) is 10.0 Å². The quantitative estimate of drug-likeness (QED) is 0.813. The highest BCUT2D eigenvalue weighted by molar-refractivity contribution is 7.89. The number of rotatable bonds is 4. The average Bonchev–Trinajstić information content (AvgIpc) is 2.64. The number of methoxy groups -OCH3 is 1. The van der Waals surface area contributed by atoms with E-state index in [-0.39, 0.29) is 23.0 Å². The smallest absolute Gasteiger partial charge is 0.246 e. The number of hydrogen-bond donors (Lipinski definition) is 0. The first kappa shape index (κ1) is 18.0. The summed E-state index contributed by atoms with van der Waals surface area (Å²) in [7, 11) is -2.30. The van der Waals surface area contributed by atoms with E-state index >= 15 is 0 Å². The zero-order chi connectivity index (χ0) is 18.0. The molecular formula is C17H18ClFN2O3S. The fourth-order valence-electron chi connectivity index (χ4n) is 2.80. The molecule has 0 bridgehead atoms. The molecule has 0 spiro atoms. The van der Waals surface area contributed by atoms with Crippen molar-refractivity contribution in [2.75, 3.05) is 38.2 Å². The van der Waals surface area contributed by atoms with E-state index in [0.29, 0.717) is 13.1 Å². The van der Waals surface area contributed by atoms with Crippen LogP contribution in [0.3, 0.4) is 0 Å². The molecular weight excluding hydrogens is 367 g/mol. The van der Waals surface area contributed by atoms with E-state index in [1.54, 1.807) is 7.11 Å². The van der Waals surface area contributed by atoms with Gasteiger partial charge in [-0.1, -0.05) is 17.7 Å². The summed E-state index contributed by atoms with van der Waals surface area (Å²) in [6.07, 6.45) is 0. The predicted molar refractivity (Wildman–Crippen MR) is 95.4 cm³/mol. The van der Waals surface area contributed by atoms with Crippen LogP contribution in [-0.4, -0.2) is 46.0 Å². The van der Waals surface area contributed by atoms with Crippen LogP contribution < -0.4 is 9.64 Å². The summed E-state index contributed by atoms with van der Waals surface area (Å²) in [6, 6.07) is 11.6. The zero-order valence-corrected chi connectivity index (χ0v) is 15.2. The summed E-state index contributed by atoms with van der Waals surface area (Å²) >= 11 is 5.71. The average molecular weight is 385 g/mol. The third kappa shape index (κ3) is 3.58. The number of benzene rings is 2. The number of sulfonamides is 1. The van der Waals surface area contributed by atoms with Crippen LogP contribution in [0, 0.1) is 5.82 Å². The van der Waals surface area contributed by atoms with E-state index in [1.165, 1.54) is 22.5 Å². The van der Waals surface area contributed by atoms with Crippen LogP contribution in [0.15, 0.2) is 47.4 Å². The number of halogens is 2. The summed E-state index contributed by atoms with van der Waals surface area (Å²) in [5.74, 6) is -0.136. The lowest BCUT2D eigenvalue weighted by molar-refractivity contribution is 0.382. The Hall–Kier alpha value is -1.83. The van der Waals surface area contributed by atoms with Crippen LogP contribution in [0.4, 0.5) is 10.1 Å². The lowest BCUT2D eigenvalue weighted by Gasteiger charge is -2.35. The molecule has 0 aliphatic carbocycles. The molecule has 0 radical (unpaired) electrons. The molecule has 1 heterocycles. The van der Waals surface area contributed by atoms with Crippen LogP contribution in [0.1, 0.15) is 0 Å². The van der Waals surface area contributed by atoms with Gasteiger partial charge in [-0.3, -0.25) is 0 Å². The first-order valence-corrected chi connectivity index (χ1v) is 9.58. The highest BCUT2D eigenvalue weighted by Crippen LogP contribution is 2.27. The van der Waals surface area contributed by atoms with Crippen molar-refractivity contribution in [3.05, 3.63) is 53.3 Å². The summed E-state index contributed by atoms with van der Waals surface area (Å²) in [5, 5.41) is -0.196. The van der Waals surface area contributed by atoms with E-state index in [0.717, 1.165) is 11.4 Å². The predicted octanol–water partition coefficient (Wildman–Crippen LogP) is 3.00. The monoisotopic (exact) mass is 384 g/mol. The Morgan fingerprint density at radius 3 is 2.28 bits per heavy atom. The zero-order valence-electron chi connectivity index (χ0n) is 13.7. The van der Waals surface area contributed by atoms with Crippen molar-refractivity contribution >= 4 is 27.3 Å². The van der Waals surface area contributed by atoms with Gasteiger partial charge in [0.05, 0.1) is 12.1 Å². The highest BCUT2D eigenvalue weighted by Gasteiger charge is 2.31. The van der Waals surface area contributed by atoms with Crippen molar-refractivity contribution < 1.29 is 17.5 Å².